The molecule has 1 fully saturated rings. The van der Waals surface area contributed by atoms with Crippen molar-refractivity contribution in [1.29, 1.82) is 0 Å². The van der Waals surface area contributed by atoms with E-state index in [0.717, 1.165) is 31.4 Å². The SMILES string of the molecule is CCCNCc1ccc(F)c(S(=O)(=O)N2CCCC2)c1. The molecule has 0 radical (unpaired) electrons. The first kappa shape index (κ1) is 15.4. The molecule has 0 bridgehead atoms. The molecule has 1 saturated heterocycles. The molecule has 1 aliphatic rings. The first-order valence-corrected chi connectivity index (χ1v) is 8.49. The number of hydrogen-bond acceptors (Lipinski definition) is 3. The van der Waals surface area contributed by atoms with Crippen molar-refractivity contribution >= 4 is 10.0 Å². The summed E-state index contributed by atoms with van der Waals surface area (Å²) in [5.41, 5.74) is 0.789. The molecule has 0 spiro atoms. The highest BCUT2D eigenvalue weighted by Gasteiger charge is 2.29. The van der Waals surface area contributed by atoms with Gasteiger partial charge >= 0.3 is 0 Å². The van der Waals surface area contributed by atoms with Crippen LogP contribution in [0.2, 0.25) is 0 Å². The van der Waals surface area contributed by atoms with Gasteiger partial charge in [-0.25, -0.2) is 12.8 Å². The molecular weight excluding hydrogens is 279 g/mol. The third-order valence-electron chi connectivity index (χ3n) is 3.43. The van der Waals surface area contributed by atoms with Crippen LogP contribution in [0.5, 0.6) is 0 Å². The largest absolute Gasteiger partial charge is 0.313 e. The number of sulfonamides is 1. The van der Waals surface area contributed by atoms with Crippen LogP contribution in [-0.2, 0) is 16.6 Å². The van der Waals surface area contributed by atoms with Gasteiger partial charge in [-0.05, 0) is 43.5 Å². The van der Waals surface area contributed by atoms with Gasteiger partial charge in [0.25, 0.3) is 0 Å². The molecule has 20 heavy (non-hydrogen) atoms. The molecule has 6 heteroatoms. The molecular formula is C14H21FN2O2S. The molecule has 1 aromatic carbocycles. The Hall–Kier alpha value is -0.980. The monoisotopic (exact) mass is 300 g/mol. The maximum Gasteiger partial charge on any atom is 0.245 e. The van der Waals surface area contributed by atoms with Crippen molar-refractivity contribution in [3.8, 4) is 0 Å². The van der Waals surface area contributed by atoms with E-state index in [2.05, 4.69) is 12.2 Å². The topological polar surface area (TPSA) is 49.4 Å². The van der Waals surface area contributed by atoms with E-state index < -0.39 is 15.8 Å². The van der Waals surface area contributed by atoms with Crippen molar-refractivity contribution in [1.82, 2.24) is 9.62 Å². The van der Waals surface area contributed by atoms with Gasteiger partial charge in [0.2, 0.25) is 10.0 Å². The van der Waals surface area contributed by atoms with Crippen molar-refractivity contribution in [3.63, 3.8) is 0 Å². The third-order valence-corrected chi connectivity index (χ3v) is 5.35. The molecule has 0 atom stereocenters. The van der Waals surface area contributed by atoms with E-state index >= 15 is 0 Å². The number of nitrogens with zero attached hydrogens (tertiary/aromatic N) is 1. The lowest BCUT2D eigenvalue weighted by Crippen LogP contribution is -2.28. The summed E-state index contributed by atoms with van der Waals surface area (Å²) in [5, 5.41) is 3.19. The predicted molar refractivity (Wildman–Crippen MR) is 76.4 cm³/mol. The molecule has 112 valence electrons. The van der Waals surface area contributed by atoms with Crippen molar-refractivity contribution in [2.75, 3.05) is 19.6 Å². The Morgan fingerprint density at radius 1 is 1.30 bits per heavy atom. The van der Waals surface area contributed by atoms with Crippen LogP contribution in [0.1, 0.15) is 31.7 Å². The lowest BCUT2D eigenvalue weighted by molar-refractivity contribution is 0.469. The summed E-state index contributed by atoms with van der Waals surface area (Å²) >= 11 is 0. The van der Waals surface area contributed by atoms with Crippen molar-refractivity contribution in [3.05, 3.63) is 29.6 Å². The molecule has 0 unspecified atom stereocenters. The lowest BCUT2D eigenvalue weighted by Gasteiger charge is -2.16. The number of hydrogen-bond donors (Lipinski definition) is 1. The Bertz CT molecular complexity index is 554. The average molecular weight is 300 g/mol. The van der Waals surface area contributed by atoms with Crippen molar-refractivity contribution in [2.45, 2.75) is 37.6 Å². The van der Waals surface area contributed by atoms with Gasteiger partial charge in [-0.2, -0.15) is 4.31 Å². The number of rotatable bonds is 6. The van der Waals surface area contributed by atoms with Crippen molar-refractivity contribution < 1.29 is 12.8 Å². The van der Waals surface area contributed by atoms with Crippen LogP contribution in [0.4, 0.5) is 4.39 Å². The fraction of sp³-hybridized carbons (Fsp3) is 0.571. The second kappa shape index (κ2) is 6.65. The summed E-state index contributed by atoms with van der Waals surface area (Å²) in [6.07, 6.45) is 2.69. The fourth-order valence-electron chi connectivity index (χ4n) is 2.33. The standard InChI is InChI=1S/C14H21FN2O2S/c1-2-7-16-11-12-5-6-13(15)14(10-12)20(18,19)17-8-3-4-9-17/h5-6,10,16H,2-4,7-9,11H2,1H3. The minimum Gasteiger partial charge on any atom is -0.313 e. The van der Waals surface area contributed by atoms with E-state index in [4.69, 9.17) is 0 Å². The summed E-state index contributed by atoms with van der Waals surface area (Å²) in [6.45, 7) is 4.43. The van der Waals surface area contributed by atoms with E-state index in [1.807, 2.05) is 0 Å². The minimum absolute atomic E-state index is 0.199. The van der Waals surface area contributed by atoms with Crippen LogP contribution in [0.3, 0.4) is 0 Å². The highest BCUT2D eigenvalue weighted by atomic mass is 32.2. The molecule has 2 rings (SSSR count). The van der Waals surface area contributed by atoms with Gasteiger partial charge in [-0.3, -0.25) is 0 Å². The molecule has 1 N–H and O–H groups in total. The Balaban J connectivity index is 2.23. The van der Waals surface area contributed by atoms with E-state index in [1.54, 1.807) is 6.07 Å². The molecule has 0 aliphatic carbocycles. The maximum atomic E-state index is 13.9. The van der Waals surface area contributed by atoms with Gasteiger partial charge in [0.05, 0.1) is 0 Å². The van der Waals surface area contributed by atoms with Crippen LogP contribution >= 0.6 is 0 Å². The molecule has 0 saturated carbocycles. The number of halogens is 1. The highest BCUT2D eigenvalue weighted by molar-refractivity contribution is 7.89. The number of benzene rings is 1. The zero-order valence-corrected chi connectivity index (χ0v) is 12.5. The summed E-state index contributed by atoms with van der Waals surface area (Å²) in [7, 11) is -3.69. The Labute approximate surface area is 120 Å². The van der Waals surface area contributed by atoms with E-state index in [1.165, 1.54) is 16.4 Å². The minimum atomic E-state index is -3.69. The van der Waals surface area contributed by atoms with Gasteiger partial charge in [0.1, 0.15) is 10.7 Å². The van der Waals surface area contributed by atoms with Gasteiger partial charge < -0.3 is 5.32 Å². The van der Waals surface area contributed by atoms with Crippen LogP contribution in [0, 0.1) is 5.82 Å². The Morgan fingerprint density at radius 3 is 2.65 bits per heavy atom. The molecule has 0 amide bonds. The Kier molecular flexibility index (Phi) is 5.12. The zero-order valence-electron chi connectivity index (χ0n) is 11.7. The quantitative estimate of drug-likeness (QED) is 0.819. The first-order chi connectivity index (χ1) is 9.55. The van der Waals surface area contributed by atoms with Gasteiger partial charge in [0.15, 0.2) is 0 Å². The zero-order chi connectivity index (χ0) is 14.6. The predicted octanol–water partition coefficient (Wildman–Crippen LogP) is 2.11. The van der Waals surface area contributed by atoms with Crippen LogP contribution in [-0.4, -0.2) is 32.4 Å². The second-order valence-electron chi connectivity index (χ2n) is 5.05. The smallest absolute Gasteiger partial charge is 0.245 e. The Morgan fingerprint density at radius 2 is 2.00 bits per heavy atom. The van der Waals surface area contributed by atoms with Crippen LogP contribution in [0.25, 0.3) is 0 Å². The maximum absolute atomic E-state index is 13.9. The third kappa shape index (κ3) is 3.37. The fourth-order valence-corrected chi connectivity index (χ4v) is 3.96. The van der Waals surface area contributed by atoms with E-state index in [-0.39, 0.29) is 4.90 Å². The van der Waals surface area contributed by atoms with Gasteiger partial charge in [-0.1, -0.05) is 13.0 Å². The molecule has 1 heterocycles. The molecule has 1 aromatic rings. The van der Waals surface area contributed by atoms with Gasteiger partial charge in [-0.15, -0.1) is 0 Å². The van der Waals surface area contributed by atoms with Crippen LogP contribution < -0.4 is 5.32 Å². The summed E-state index contributed by atoms with van der Waals surface area (Å²) in [5.74, 6) is -0.670. The molecule has 1 aliphatic heterocycles. The summed E-state index contributed by atoms with van der Waals surface area (Å²) < 4.78 is 40.1. The van der Waals surface area contributed by atoms with E-state index in [0.29, 0.717) is 19.6 Å². The van der Waals surface area contributed by atoms with Crippen LogP contribution in [0.15, 0.2) is 23.1 Å². The number of nitrogens with one attached hydrogen (secondary N) is 1. The first-order valence-electron chi connectivity index (χ1n) is 7.05. The summed E-state index contributed by atoms with van der Waals surface area (Å²) in [4.78, 5) is -0.199. The van der Waals surface area contributed by atoms with E-state index in [9.17, 15) is 12.8 Å². The molecule has 4 nitrogen and oxygen atoms in total. The van der Waals surface area contributed by atoms with Crippen molar-refractivity contribution in [2.24, 2.45) is 0 Å². The second-order valence-corrected chi connectivity index (χ2v) is 6.96. The summed E-state index contributed by atoms with van der Waals surface area (Å²) in [6, 6.07) is 4.32. The lowest BCUT2D eigenvalue weighted by atomic mass is 10.2. The highest BCUT2D eigenvalue weighted by Crippen LogP contribution is 2.24. The average Bonchev–Trinajstić information content (AvgIpc) is 2.95. The molecule has 0 aromatic heterocycles. The normalized spacial score (nSPS) is 16.7. The van der Waals surface area contributed by atoms with Gasteiger partial charge in [0, 0.05) is 19.6 Å².